The van der Waals surface area contributed by atoms with Crippen molar-refractivity contribution < 1.29 is 22.3 Å². The Morgan fingerprint density at radius 1 is 1.38 bits per heavy atom. The number of aryl methyl sites for hydroxylation is 1. The number of nitrogens with one attached hydrogen (secondary N) is 1. The summed E-state index contributed by atoms with van der Waals surface area (Å²) in [4.78, 5) is 0. The summed E-state index contributed by atoms with van der Waals surface area (Å²) in [5.41, 5.74) is 0.937. The van der Waals surface area contributed by atoms with Crippen molar-refractivity contribution in [1.82, 2.24) is 15.1 Å². The lowest BCUT2D eigenvalue weighted by atomic mass is 10.1. The van der Waals surface area contributed by atoms with Gasteiger partial charge in [-0.05, 0) is 25.5 Å². The van der Waals surface area contributed by atoms with Gasteiger partial charge in [-0.15, -0.1) is 0 Å². The van der Waals surface area contributed by atoms with E-state index in [4.69, 9.17) is 4.74 Å². The monoisotopic (exact) mass is 311 g/mol. The quantitative estimate of drug-likeness (QED) is 0.674. The molecule has 0 bridgehead atoms. The van der Waals surface area contributed by atoms with Crippen LogP contribution in [0.5, 0.6) is 0 Å². The van der Waals surface area contributed by atoms with E-state index < -0.39 is 19.0 Å². The van der Waals surface area contributed by atoms with Crippen LogP contribution in [0.2, 0.25) is 0 Å². The maximum absolute atomic E-state index is 12.7. The van der Waals surface area contributed by atoms with Gasteiger partial charge in [0.15, 0.2) is 0 Å². The van der Waals surface area contributed by atoms with E-state index in [0.717, 1.165) is 12.1 Å². The first kappa shape index (κ1) is 17.9. The van der Waals surface area contributed by atoms with Crippen LogP contribution in [0.1, 0.15) is 19.4 Å². The molecule has 0 aromatic carbocycles. The van der Waals surface area contributed by atoms with Crippen LogP contribution in [0.4, 0.5) is 17.6 Å². The predicted molar refractivity (Wildman–Crippen MR) is 70.8 cm³/mol. The fourth-order valence-corrected chi connectivity index (χ4v) is 1.85. The molecule has 0 saturated heterocycles. The molecule has 1 heterocycles. The average molecular weight is 311 g/mol. The number of nitrogens with zero attached hydrogens (tertiary/aromatic N) is 2. The van der Waals surface area contributed by atoms with Crippen molar-refractivity contribution in [2.45, 2.75) is 45.2 Å². The molecule has 1 rings (SSSR count). The molecule has 0 spiro atoms. The Hall–Kier alpha value is -1.15. The molecule has 0 aliphatic carbocycles. The second-order valence-electron chi connectivity index (χ2n) is 4.74. The molecule has 0 amide bonds. The lowest BCUT2D eigenvalue weighted by Crippen LogP contribution is -2.38. The number of hydrogen-bond donors (Lipinski definition) is 1. The number of rotatable bonds is 10. The minimum atomic E-state index is -4.11. The highest BCUT2D eigenvalue weighted by molar-refractivity contribution is 5.06. The lowest BCUT2D eigenvalue weighted by Gasteiger charge is -2.20. The second kappa shape index (κ2) is 8.33. The third kappa shape index (κ3) is 6.01. The summed E-state index contributed by atoms with van der Waals surface area (Å²) in [6.07, 6.45) is 0.381. The zero-order chi connectivity index (χ0) is 15.9. The zero-order valence-electron chi connectivity index (χ0n) is 12.2. The smallest absolute Gasteiger partial charge is 0.330 e. The molecule has 0 fully saturated rings. The van der Waals surface area contributed by atoms with Gasteiger partial charge in [-0.2, -0.15) is 13.9 Å². The maximum Gasteiger partial charge on any atom is 0.330 e. The molecule has 1 aromatic heterocycles. The molecule has 1 atom stereocenters. The first-order valence-corrected chi connectivity index (χ1v) is 6.87. The highest BCUT2D eigenvalue weighted by Gasteiger charge is 2.41. The fraction of sp³-hybridized carbons (Fsp3) is 0.769. The first-order valence-electron chi connectivity index (χ1n) is 6.87. The molecular formula is C13H21F4N3O. The number of likely N-dealkylation sites (N-methyl/N-ethyl adjacent to an activating group) is 1. The zero-order valence-corrected chi connectivity index (χ0v) is 12.2. The van der Waals surface area contributed by atoms with Gasteiger partial charge in [0.05, 0.1) is 12.8 Å². The molecule has 8 heteroatoms. The van der Waals surface area contributed by atoms with Crippen molar-refractivity contribution >= 4 is 0 Å². The van der Waals surface area contributed by atoms with Crippen molar-refractivity contribution in [3.8, 4) is 0 Å². The molecule has 0 aliphatic rings. The molecule has 4 nitrogen and oxygen atoms in total. The summed E-state index contributed by atoms with van der Waals surface area (Å²) in [5.74, 6) is -4.11. The number of halogens is 4. The van der Waals surface area contributed by atoms with E-state index in [1.54, 1.807) is 10.9 Å². The van der Waals surface area contributed by atoms with Crippen molar-refractivity contribution in [2.75, 3.05) is 19.8 Å². The Balaban J connectivity index is 2.46. The standard InChI is InChI=1S/C13H21F4N3O/c1-3-18-11(5-10-6-19-20(4-2)7-10)8-21-9-13(16,17)12(14)15/h6-7,11-12,18H,3-5,8-9H2,1-2H3. The van der Waals surface area contributed by atoms with E-state index in [9.17, 15) is 17.6 Å². The normalized spacial score (nSPS) is 13.9. The summed E-state index contributed by atoms with van der Waals surface area (Å²) in [5, 5.41) is 7.20. The molecule has 1 N–H and O–H groups in total. The summed E-state index contributed by atoms with van der Waals surface area (Å²) >= 11 is 0. The average Bonchev–Trinajstić information content (AvgIpc) is 2.86. The van der Waals surface area contributed by atoms with E-state index >= 15 is 0 Å². The number of alkyl halides is 4. The number of aromatic nitrogens is 2. The minimum Gasteiger partial charge on any atom is -0.373 e. The van der Waals surface area contributed by atoms with Crippen LogP contribution < -0.4 is 5.32 Å². The van der Waals surface area contributed by atoms with Gasteiger partial charge in [0.25, 0.3) is 0 Å². The number of hydrogen-bond acceptors (Lipinski definition) is 3. The van der Waals surface area contributed by atoms with E-state index in [2.05, 4.69) is 10.4 Å². The highest BCUT2D eigenvalue weighted by atomic mass is 19.3. The molecule has 1 aromatic rings. The summed E-state index contributed by atoms with van der Waals surface area (Å²) in [6.45, 7) is 3.85. The summed E-state index contributed by atoms with van der Waals surface area (Å²) in [7, 11) is 0. The fourth-order valence-electron chi connectivity index (χ4n) is 1.85. The summed E-state index contributed by atoms with van der Waals surface area (Å²) < 4.78 is 56.0. The van der Waals surface area contributed by atoms with Gasteiger partial charge < -0.3 is 10.1 Å². The first-order chi connectivity index (χ1) is 9.89. The molecular weight excluding hydrogens is 290 g/mol. The molecule has 0 aliphatic heterocycles. The van der Waals surface area contributed by atoms with Crippen molar-refractivity contribution in [1.29, 1.82) is 0 Å². The predicted octanol–water partition coefficient (Wildman–Crippen LogP) is 2.34. The van der Waals surface area contributed by atoms with Crippen LogP contribution in [0.25, 0.3) is 0 Å². The Kier molecular flexibility index (Phi) is 7.10. The van der Waals surface area contributed by atoms with Crippen molar-refractivity contribution in [3.63, 3.8) is 0 Å². The second-order valence-corrected chi connectivity index (χ2v) is 4.74. The van der Waals surface area contributed by atoms with Crippen LogP contribution >= 0.6 is 0 Å². The third-order valence-electron chi connectivity index (χ3n) is 2.92. The van der Waals surface area contributed by atoms with Gasteiger partial charge >= 0.3 is 12.3 Å². The Morgan fingerprint density at radius 3 is 2.62 bits per heavy atom. The Morgan fingerprint density at radius 2 is 2.10 bits per heavy atom. The van der Waals surface area contributed by atoms with E-state index in [1.807, 2.05) is 20.0 Å². The van der Waals surface area contributed by atoms with Gasteiger partial charge in [-0.25, -0.2) is 8.78 Å². The largest absolute Gasteiger partial charge is 0.373 e. The summed E-state index contributed by atoms with van der Waals surface area (Å²) in [6, 6.07) is -0.224. The van der Waals surface area contributed by atoms with Crippen molar-refractivity contribution in [3.05, 3.63) is 18.0 Å². The van der Waals surface area contributed by atoms with Gasteiger partial charge in [-0.3, -0.25) is 4.68 Å². The van der Waals surface area contributed by atoms with E-state index in [1.165, 1.54) is 0 Å². The molecule has 0 saturated carbocycles. The molecule has 21 heavy (non-hydrogen) atoms. The van der Waals surface area contributed by atoms with Crippen LogP contribution in [-0.4, -0.2) is 47.9 Å². The van der Waals surface area contributed by atoms with Crippen LogP contribution in [-0.2, 0) is 17.7 Å². The highest BCUT2D eigenvalue weighted by Crippen LogP contribution is 2.22. The molecule has 1 unspecified atom stereocenters. The SMILES string of the molecule is CCNC(COCC(F)(F)C(F)F)Cc1cnn(CC)c1. The third-order valence-corrected chi connectivity index (χ3v) is 2.92. The van der Waals surface area contributed by atoms with Crippen LogP contribution in [0.3, 0.4) is 0 Å². The van der Waals surface area contributed by atoms with Crippen LogP contribution in [0.15, 0.2) is 12.4 Å². The molecule has 122 valence electrons. The Labute approximate surface area is 121 Å². The van der Waals surface area contributed by atoms with Crippen LogP contribution in [0, 0.1) is 0 Å². The molecule has 0 radical (unpaired) electrons. The topological polar surface area (TPSA) is 39.1 Å². The van der Waals surface area contributed by atoms with Gasteiger partial charge in [0, 0.05) is 18.8 Å². The maximum atomic E-state index is 12.7. The minimum absolute atomic E-state index is 0.0620. The van der Waals surface area contributed by atoms with Gasteiger partial charge in [0.2, 0.25) is 0 Å². The van der Waals surface area contributed by atoms with E-state index in [-0.39, 0.29) is 12.6 Å². The van der Waals surface area contributed by atoms with Gasteiger partial charge in [0.1, 0.15) is 6.61 Å². The lowest BCUT2D eigenvalue weighted by molar-refractivity contribution is -0.167. The number of ether oxygens (including phenoxy) is 1. The Bertz CT molecular complexity index is 412. The van der Waals surface area contributed by atoms with Gasteiger partial charge in [-0.1, -0.05) is 6.92 Å². The van der Waals surface area contributed by atoms with E-state index in [0.29, 0.717) is 13.0 Å². The van der Waals surface area contributed by atoms with Crippen molar-refractivity contribution in [2.24, 2.45) is 0 Å².